The van der Waals surface area contributed by atoms with E-state index in [0.29, 0.717) is 24.1 Å². The number of benzene rings is 3. The topological polar surface area (TPSA) is 63.7 Å². The number of rotatable bonds is 5. The summed E-state index contributed by atoms with van der Waals surface area (Å²) in [5, 5.41) is 1.97. The maximum Gasteiger partial charge on any atom is 0.338 e. The maximum absolute atomic E-state index is 12.3. The number of carbonyl (C=O) groups excluding carboxylic acids is 3. The Labute approximate surface area is 162 Å². The molecule has 0 atom stereocenters. The number of fused-ring (bicyclic) bond motifs is 1. The Hall–Kier alpha value is -3.47. The van der Waals surface area contributed by atoms with Crippen molar-refractivity contribution in [1.82, 2.24) is 0 Å². The van der Waals surface area contributed by atoms with E-state index < -0.39 is 5.97 Å². The normalized spacial score (nSPS) is 13.7. The van der Waals surface area contributed by atoms with E-state index in [1.54, 1.807) is 41.3 Å². The van der Waals surface area contributed by atoms with E-state index in [9.17, 15) is 14.4 Å². The van der Waals surface area contributed by atoms with Crippen molar-refractivity contribution < 1.29 is 19.1 Å². The minimum absolute atomic E-state index is 0.100. The Balaban J connectivity index is 1.39. The Kier molecular flexibility index (Phi) is 4.89. The largest absolute Gasteiger partial charge is 0.454 e. The summed E-state index contributed by atoms with van der Waals surface area (Å²) in [4.78, 5) is 38.1. The third kappa shape index (κ3) is 3.64. The van der Waals surface area contributed by atoms with Crippen LogP contribution in [0, 0.1) is 0 Å². The van der Waals surface area contributed by atoms with Gasteiger partial charge in [0.15, 0.2) is 12.4 Å². The van der Waals surface area contributed by atoms with Gasteiger partial charge >= 0.3 is 5.97 Å². The molecular weight excluding hydrogens is 354 g/mol. The highest BCUT2D eigenvalue weighted by atomic mass is 16.5. The highest BCUT2D eigenvalue weighted by Crippen LogP contribution is 2.22. The van der Waals surface area contributed by atoms with Crippen LogP contribution < -0.4 is 4.90 Å². The fourth-order valence-corrected chi connectivity index (χ4v) is 3.36. The first kappa shape index (κ1) is 17.9. The van der Waals surface area contributed by atoms with E-state index in [1.165, 1.54) is 0 Å². The van der Waals surface area contributed by atoms with E-state index >= 15 is 0 Å². The van der Waals surface area contributed by atoms with Crippen LogP contribution in [0.3, 0.4) is 0 Å². The van der Waals surface area contributed by atoms with Gasteiger partial charge in [0.05, 0.1) is 5.56 Å². The van der Waals surface area contributed by atoms with Crippen LogP contribution in [-0.4, -0.2) is 30.8 Å². The minimum Gasteiger partial charge on any atom is -0.454 e. The summed E-state index contributed by atoms with van der Waals surface area (Å²) < 4.78 is 5.19. The standard InChI is InChI=1S/C23H19NO4/c25-21(17-9-11-20(12-10-17)24-13-3-6-22(24)26)15-28-23(27)19-8-7-16-4-1-2-5-18(16)14-19/h1-2,4-5,7-12,14H,3,6,13,15H2. The summed E-state index contributed by atoms with van der Waals surface area (Å²) >= 11 is 0. The molecule has 0 radical (unpaired) electrons. The van der Waals surface area contributed by atoms with Crippen LogP contribution in [0.4, 0.5) is 5.69 Å². The number of ketones is 1. The zero-order chi connectivity index (χ0) is 19.5. The summed E-state index contributed by atoms with van der Waals surface area (Å²) in [6.45, 7) is 0.378. The van der Waals surface area contributed by atoms with Gasteiger partial charge in [-0.05, 0) is 53.6 Å². The molecule has 0 bridgehead atoms. The smallest absolute Gasteiger partial charge is 0.338 e. The zero-order valence-corrected chi connectivity index (χ0v) is 15.3. The fourth-order valence-electron chi connectivity index (χ4n) is 3.36. The van der Waals surface area contributed by atoms with Crippen molar-refractivity contribution in [3.05, 3.63) is 77.9 Å². The molecule has 1 aliphatic heterocycles. The molecule has 5 heteroatoms. The third-order valence-corrected chi connectivity index (χ3v) is 4.89. The monoisotopic (exact) mass is 373 g/mol. The molecule has 28 heavy (non-hydrogen) atoms. The van der Waals surface area contributed by atoms with E-state index in [4.69, 9.17) is 4.74 Å². The molecule has 0 spiro atoms. The molecule has 4 rings (SSSR count). The Morgan fingerprint density at radius 1 is 0.893 bits per heavy atom. The van der Waals surface area contributed by atoms with Gasteiger partial charge in [-0.25, -0.2) is 4.79 Å². The van der Waals surface area contributed by atoms with Crippen molar-refractivity contribution in [2.45, 2.75) is 12.8 Å². The minimum atomic E-state index is -0.529. The molecule has 140 valence electrons. The second kappa shape index (κ2) is 7.64. The summed E-state index contributed by atoms with van der Waals surface area (Å²) in [6.07, 6.45) is 1.41. The van der Waals surface area contributed by atoms with Crippen LogP contribution in [0.15, 0.2) is 66.7 Å². The van der Waals surface area contributed by atoms with Gasteiger partial charge in [-0.1, -0.05) is 30.3 Å². The molecule has 3 aromatic carbocycles. The van der Waals surface area contributed by atoms with Crippen molar-refractivity contribution in [3.63, 3.8) is 0 Å². The van der Waals surface area contributed by atoms with E-state index in [-0.39, 0.29) is 18.3 Å². The zero-order valence-electron chi connectivity index (χ0n) is 15.3. The molecule has 0 saturated carbocycles. The summed E-state index contributed by atoms with van der Waals surface area (Å²) in [5.74, 6) is -0.713. The third-order valence-electron chi connectivity index (χ3n) is 4.89. The van der Waals surface area contributed by atoms with E-state index in [1.807, 2.05) is 30.3 Å². The number of hydrogen-bond acceptors (Lipinski definition) is 4. The molecule has 5 nitrogen and oxygen atoms in total. The number of nitrogens with zero attached hydrogens (tertiary/aromatic N) is 1. The fraction of sp³-hybridized carbons (Fsp3) is 0.174. The first-order valence-electron chi connectivity index (χ1n) is 9.21. The molecular formula is C23H19NO4. The number of carbonyl (C=O) groups is 3. The average Bonchev–Trinajstić information content (AvgIpc) is 3.17. The summed E-state index contributed by atoms with van der Waals surface area (Å²) in [6, 6.07) is 19.8. The molecule has 1 heterocycles. The summed E-state index contributed by atoms with van der Waals surface area (Å²) in [7, 11) is 0. The molecule has 1 fully saturated rings. The molecule has 0 aromatic heterocycles. The van der Waals surface area contributed by atoms with Crippen molar-refractivity contribution in [3.8, 4) is 0 Å². The Morgan fingerprint density at radius 2 is 1.61 bits per heavy atom. The van der Waals surface area contributed by atoms with Gasteiger partial charge in [0.2, 0.25) is 5.91 Å². The SMILES string of the molecule is O=C(COC(=O)c1ccc2ccccc2c1)c1ccc(N2CCCC2=O)cc1. The molecule has 1 aliphatic rings. The van der Waals surface area contributed by atoms with E-state index in [0.717, 1.165) is 22.9 Å². The van der Waals surface area contributed by atoms with Crippen LogP contribution in [0.5, 0.6) is 0 Å². The van der Waals surface area contributed by atoms with Gasteiger partial charge < -0.3 is 9.64 Å². The first-order chi connectivity index (χ1) is 13.6. The van der Waals surface area contributed by atoms with Gasteiger partial charge in [0, 0.05) is 24.2 Å². The highest BCUT2D eigenvalue weighted by molar-refractivity contribution is 6.01. The van der Waals surface area contributed by atoms with Gasteiger partial charge in [-0.15, -0.1) is 0 Å². The molecule has 0 unspecified atom stereocenters. The number of anilines is 1. The quantitative estimate of drug-likeness (QED) is 0.501. The van der Waals surface area contributed by atoms with Crippen LogP contribution in [-0.2, 0) is 9.53 Å². The average molecular weight is 373 g/mol. The van der Waals surface area contributed by atoms with E-state index in [2.05, 4.69) is 0 Å². The predicted molar refractivity (Wildman–Crippen MR) is 107 cm³/mol. The number of hydrogen-bond donors (Lipinski definition) is 0. The van der Waals surface area contributed by atoms with Crippen molar-refractivity contribution >= 4 is 34.1 Å². The van der Waals surface area contributed by atoms with Crippen molar-refractivity contribution in [2.75, 3.05) is 18.1 Å². The van der Waals surface area contributed by atoms with Crippen LogP contribution in [0.25, 0.3) is 10.8 Å². The number of Topliss-reactive ketones (excluding diaryl/α,β-unsaturated/α-hetero) is 1. The number of amides is 1. The molecule has 0 aliphatic carbocycles. The maximum atomic E-state index is 12.3. The summed E-state index contributed by atoms with van der Waals surface area (Å²) in [5.41, 5.74) is 1.64. The lowest BCUT2D eigenvalue weighted by molar-refractivity contribution is -0.117. The predicted octanol–water partition coefficient (Wildman–Crippen LogP) is 4.01. The molecule has 3 aromatic rings. The van der Waals surface area contributed by atoms with Crippen molar-refractivity contribution in [1.29, 1.82) is 0 Å². The lowest BCUT2D eigenvalue weighted by Gasteiger charge is -2.15. The van der Waals surface area contributed by atoms with Crippen molar-refractivity contribution in [2.24, 2.45) is 0 Å². The van der Waals surface area contributed by atoms with Crippen LogP contribution >= 0.6 is 0 Å². The van der Waals surface area contributed by atoms with Crippen LogP contribution in [0.1, 0.15) is 33.6 Å². The number of ether oxygens (including phenoxy) is 1. The van der Waals surface area contributed by atoms with Gasteiger partial charge in [-0.2, -0.15) is 0 Å². The number of esters is 1. The van der Waals surface area contributed by atoms with Gasteiger partial charge in [-0.3, -0.25) is 9.59 Å². The molecule has 1 amide bonds. The van der Waals surface area contributed by atoms with Gasteiger partial charge in [0.25, 0.3) is 0 Å². The molecule has 1 saturated heterocycles. The Bertz CT molecular complexity index is 1060. The first-order valence-corrected chi connectivity index (χ1v) is 9.21. The highest BCUT2D eigenvalue weighted by Gasteiger charge is 2.21. The second-order valence-electron chi connectivity index (χ2n) is 6.76. The Morgan fingerprint density at radius 3 is 2.32 bits per heavy atom. The lowest BCUT2D eigenvalue weighted by atomic mass is 10.1. The lowest BCUT2D eigenvalue weighted by Crippen LogP contribution is -2.23. The molecule has 0 N–H and O–H groups in total. The second-order valence-corrected chi connectivity index (χ2v) is 6.76. The van der Waals surface area contributed by atoms with Gasteiger partial charge in [0.1, 0.15) is 0 Å². The van der Waals surface area contributed by atoms with Crippen LogP contribution in [0.2, 0.25) is 0 Å².